The van der Waals surface area contributed by atoms with Crippen molar-refractivity contribution in [2.24, 2.45) is 0 Å². The van der Waals surface area contributed by atoms with Crippen LogP contribution in [0.25, 0.3) is 10.9 Å². The second kappa shape index (κ2) is 5.77. The average Bonchev–Trinajstić information content (AvgIpc) is 2.46. The first kappa shape index (κ1) is 13.3. The molecule has 0 aliphatic carbocycles. The number of hydrogen-bond acceptors (Lipinski definition) is 4. The van der Waals surface area contributed by atoms with Gasteiger partial charge in [0.1, 0.15) is 11.3 Å². The van der Waals surface area contributed by atoms with E-state index < -0.39 is 0 Å². The van der Waals surface area contributed by atoms with Gasteiger partial charge in [0.25, 0.3) is 0 Å². The van der Waals surface area contributed by atoms with Crippen LogP contribution < -0.4 is 10.1 Å². The van der Waals surface area contributed by atoms with Crippen molar-refractivity contribution in [3.05, 3.63) is 36.0 Å². The third kappa shape index (κ3) is 2.76. The van der Waals surface area contributed by atoms with E-state index in [2.05, 4.69) is 35.3 Å². The minimum absolute atomic E-state index is 0.554. The SMILES string of the molecule is COc1cccc2ccc(CN3CCNC(C)C3)nc12. The molecule has 0 amide bonds. The van der Waals surface area contributed by atoms with Gasteiger partial charge in [0.05, 0.1) is 12.8 Å². The number of piperazine rings is 1. The molecule has 1 aromatic heterocycles. The highest BCUT2D eigenvalue weighted by molar-refractivity contribution is 5.84. The summed E-state index contributed by atoms with van der Waals surface area (Å²) >= 11 is 0. The van der Waals surface area contributed by atoms with Gasteiger partial charge in [0.2, 0.25) is 0 Å². The molecule has 1 saturated heterocycles. The summed E-state index contributed by atoms with van der Waals surface area (Å²) in [5, 5.41) is 4.59. The number of nitrogens with zero attached hydrogens (tertiary/aromatic N) is 2. The molecule has 20 heavy (non-hydrogen) atoms. The summed E-state index contributed by atoms with van der Waals surface area (Å²) in [5.74, 6) is 0.845. The molecule has 1 fully saturated rings. The van der Waals surface area contributed by atoms with Crippen molar-refractivity contribution in [2.45, 2.75) is 19.5 Å². The van der Waals surface area contributed by atoms with E-state index in [4.69, 9.17) is 9.72 Å². The van der Waals surface area contributed by atoms with Crippen molar-refractivity contribution in [2.75, 3.05) is 26.7 Å². The van der Waals surface area contributed by atoms with Crippen LogP contribution in [0.15, 0.2) is 30.3 Å². The number of methoxy groups -OCH3 is 1. The molecule has 1 N–H and O–H groups in total. The average molecular weight is 271 g/mol. The molecule has 0 saturated carbocycles. The van der Waals surface area contributed by atoms with Crippen LogP contribution >= 0.6 is 0 Å². The fourth-order valence-corrected chi connectivity index (χ4v) is 2.80. The van der Waals surface area contributed by atoms with Gasteiger partial charge in [0.15, 0.2) is 0 Å². The number of aromatic nitrogens is 1. The smallest absolute Gasteiger partial charge is 0.145 e. The van der Waals surface area contributed by atoms with E-state index in [1.807, 2.05) is 12.1 Å². The summed E-state index contributed by atoms with van der Waals surface area (Å²) in [4.78, 5) is 7.23. The molecule has 1 unspecified atom stereocenters. The van der Waals surface area contributed by atoms with E-state index in [9.17, 15) is 0 Å². The van der Waals surface area contributed by atoms with Crippen molar-refractivity contribution in [3.8, 4) is 5.75 Å². The predicted molar refractivity (Wildman–Crippen MR) is 81.0 cm³/mol. The maximum atomic E-state index is 5.40. The number of fused-ring (bicyclic) bond motifs is 1. The van der Waals surface area contributed by atoms with Gasteiger partial charge in [-0.2, -0.15) is 0 Å². The zero-order chi connectivity index (χ0) is 13.9. The van der Waals surface area contributed by atoms with Crippen molar-refractivity contribution in [3.63, 3.8) is 0 Å². The van der Waals surface area contributed by atoms with Gasteiger partial charge in [0, 0.05) is 37.6 Å². The quantitative estimate of drug-likeness (QED) is 0.927. The van der Waals surface area contributed by atoms with Crippen LogP contribution in [0.5, 0.6) is 5.75 Å². The van der Waals surface area contributed by atoms with Crippen LogP contribution in [0.4, 0.5) is 0 Å². The molecule has 0 bridgehead atoms. The Balaban J connectivity index is 1.85. The molecule has 1 aliphatic heterocycles. The highest BCUT2D eigenvalue weighted by Crippen LogP contribution is 2.23. The van der Waals surface area contributed by atoms with Crippen molar-refractivity contribution < 1.29 is 4.74 Å². The van der Waals surface area contributed by atoms with Crippen molar-refractivity contribution in [1.82, 2.24) is 15.2 Å². The number of benzene rings is 1. The lowest BCUT2D eigenvalue weighted by Crippen LogP contribution is -2.48. The van der Waals surface area contributed by atoms with E-state index in [0.717, 1.165) is 48.5 Å². The van der Waals surface area contributed by atoms with Gasteiger partial charge in [-0.1, -0.05) is 18.2 Å². The van der Waals surface area contributed by atoms with E-state index in [1.54, 1.807) is 7.11 Å². The van der Waals surface area contributed by atoms with Crippen LogP contribution in [0.1, 0.15) is 12.6 Å². The highest BCUT2D eigenvalue weighted by Gasteiger charge is 2.16. The third-order valence-electron chi connectivity index (χ3n) is 3.80. The highest BCUT2D eigenvalue weighted by atomic mass is 16.5. The third-order valence-corrected chi connectivity index (χ3v) is 3.80. The minimum atomic E-state index is 0.554. The molecule has 4 heteroatoms. The van der Waals surface area contributed by atoms with Gasteiger partial charge in [-0.05, 0) is 19.1 Å². The second-order valence-electron chi connectivity index (χ2n) is 5.42. The molecule has 4 nitrogen and oxygen atoms in total. The molecule has 106 valence electrons. The molecule has 1 aromatic carbocycles. The standard InChI is InChI=1S/C16H21N3O/c1-12-10-19(9-8-17-12)11-14-7-6-13-4-3-5-15(20-2)16(13)18-14/h3-7,12,17H,8-11H2,1-2H3. The Bertz CT molecular complexity index is 599. The van der Waals surface area contributed by atoms with Gasteiger partial charge in [-0.25, -0.2) is 4.98 Å². The van der Waals surface area contributed by atoms with Gasteiger partial charge in [-0.3, -0.25) is 4.90 Å². The van der Waals surface area contributed by atoms with Gasteiger partial charge >= 0.3 is 0 Å². The second-order valence-corrected chi connectivity index (χ2v) is 5.42. The monoisotopic (exact) mass is 271 g/mol. The van der Waals surface area contributed by atoms with Gasteiger partial charge < -0.3 is 10.1 Å². The van der Waals surface area contributed by atoms with Crippen LogP contribution in [0.3, 0.4) is 0 Å². The summed E-state index contributed by atoms with van der Waals surface area (Å²) < 4.78 is 5.40. The molecule has 0 radical (unpaired) electrons. The zero-order valence-electron chi connectivity index (χ0n) is 12.1. The molecule has 1 aliphatic rings. The number of rotatable bonds is 3. The molecular formula is C16H21N3O. The van der Waals surface area contributed by atoms with Crippen LogP contribution in [0.2, 0.25) is 0 Å². The van der Waals surface area contributed by atoms with Crippen LogP contribution in [-0.2, 0) is 6.54 Å². The normalized spacial score (nSPS) is 20.2. The van der Waals surface area contributed by atoms with E-state index in [1.165, 1.54) is 0 Å². The zero-order valence-corrected chi connectivity index (χ0v) is 12.1. The maximum Gasteiger partial charge on any atom is 0.145 e. The number of para-hydroxylation sites is 1. The maximum absolute atomic E-state index is 5.40. The number of hydrogen-bond donors (Lipinski definition) is 1. The minimum Gasteiger partial charge on any atom is -0.494 e. The Morgan fingerprint density at radius 3 is 3.05 bits per heavy atom. The summed E-state index contributed by atoms with van der Waals surface area (Å²) in [6.07, 6.45) is 0. The lowest BCUT2D eigenvalue weighted by molar-refractivity contribution is 0.198. The first-order chi connectivity index (χ1) is 9.76. The molecule has 1 atom stereocenters. The molecule has 3 rings (SSSR count). The van der Waals surface area contributed by atoms with Crippen molar-refractivity contribution >= 4 is 10.9 Å². The Hall–Kier alpha value is -1.65. The summed E-state index contributed by atoms with van der Waals surface area (Å²) in [6, 6.07) is 10.8. The largest absolute Gasteiger partial charge is 0.494 e. The van der Waals surface area contributed by atoms with Gasteiger partial charge in [-0.15, -0.1) is 0 Å². The Morgan fingerprint density at radius 2 is 2.25 bits per heavy atom. The molecular weight excluding hydrogens is 250 g/mol. The molecule has 2 heterocycles. The molecule has 2 aromatic rings. The fourth-order valence-electron chi connectivity index (χ4n) is 2.80. The Kier molecular flexibility index (Phi) is 3.85. The van der Waals surface area contributed by atoms with Crippen LogP contribution in [0, 0.1) is 0 Å². The Morgan fingerprint density at radius 1 is 1.35 bits per heavy atom. The first-order valence-corrected chi connectivity index (χ1v) is 7.14. The van der Waals surface area contributed by atoms with E-state index in [0.29, 0.717) is 6.04 Å². The number of pyridine rings is 1. The molecule has 0 spiro atoms. The van der Waals surface area contributed by atoms with E-state index in [-0.39, 0.29) is 0 Å². The van der Waals surface area contributed by atoms with Crippen LogP contribution in [-0.4, -0.2) is 42.7 Å². The number of nitrogens with one attached hydrogen (secondary N) is 1. The summed E-state index contributed by atoms with van der Waals surface area (Å²) in [6.45, 7) is 6.34. The van der Waals surface area contributed by atoms with E-state index >= 15 is 0 Å². The summed E-state index contributed by atoms with van der Waals surface area (Å²) in [7, 11) is 1.70. The van der Waals surface area contributed by atoms with Crippen molar-refractivity contribution in [1.29, 1.82) is 0 Å². The Labute approximate surface area is 119 Å². The lowest BCUT2D eigenvalue weighted by atomic mass is 10.1. The number of ether oxygens (including phenoxy) is 1. The first-order valence-electron chi connectivity index (χ1n) is 7.14. The fraction of sp³-hybridized carbons (Fsp3) is 0.438. The summed E-state index contributed by atoms with van der Waals surface area (Å²) in [5.41, 5.74) is 2.06. The lowest BCUT2D eigenvalue weighted by Gasteiger charge is -2.31. The predicted octanol–water partition coefficient (Wildman–Crippen LogP) is 2.04. The topological polar surface area (TPSA) is 37.4 Å².